The van der Waals surface area contributed by atoms with Gasteiger partial charge in [-0.2, -0.15) is 22.7 Å². The lowest BCUT2D eigenvalue weighted by Gasteiger charge is -2.28. The molecule has 3 amide bonds. The average Bonchev–Trinajstić information content (AvgIpc) is 3.73. The number of nitrogens with two attached hydrogens (primary N) is 1. The SMILES string of the molecule is NCC1CCC(C(=O)N[C@@H](Cc2ccc(-c3ccc(C(=O)NC4CCC(O)CC4)c(F)c3)cc2)C(=O)Nc2ccc(-c3n[nH]c(C(F)(F)C(F)(F)C(=O)O)n3)cc2)CC1. The van der Waals surface area contributed by atoms with Gasteiger partial charge in [0.25, 0.3) is 5.91 Å². The molecule has 2 aliphatic carbocycles. The zero-order valence-electron chi connectivity index (χ0n) is 31.7. The van der Waals surface area contributed by atoms with Gasteiger partial charge in [0.05, 0.1) is 11.7 Å². The second-order valence-corrected chi connectivity index (χ2v) is 15.1. The zero-order chi connectivity index (χ0) is 42.5. The van der Waals surface area contributed by atoms with Crippen molar-refractivity contribution in [3.63, 3.8) is 0 Å². The lowest BCUT2D eigenvalue weighted by molar-refractivity contribution is -0.231. The summed E-state index contributed by atoms with van der Waals surface area (Å²) in [5.74, 6) is -17.9. The minimum Gasteiger partial charge on any atom is -0.477 e. The Kier molecular flexibility index (Phi) is 13.1. The number of aliphatic carboxylic acids is 1. The number of aromatic amines is 1. The molecule has 18 heteroatoms. The molecule has 0 aliphatic heterocycles. The van der Waals surface area contributed by atoms with Gasteiger partial charge in [-0.3, -0.25) is 19.5 Å². The molecule has 59 heavy (non-hydrogen) atoms. The average molecular weight is 826 g/mol. The van der Waals surface area contributed by atoms with Crippen LogP contribution in [-0.4, -0.2) is 79.7 Å². The highest BCUT2D eigenvalue weighted by Crippen LogP contribution is 2.42. The Hall–Kier alpha value is -5.75. The highest BCUT2D eigenvalue weighted by atomic mass is 19.3. The van der Waals surface area contributed by atoms with Crippen LogP contribution in [0.5, 0.6) is 0 Å². The molecule has 8 N–H and O–H groups in total. The molecule has 2 aliphatic rings. The normalized spacial score (nSPS) is 20.3. The van der Waals surface area contributed by atoms with Gasteiger partial charge in [0, 0.05) is 29.6 Å². The molecule has 0 bridgehead atoms. The third-order valence-electron chi connectivity index (χ3n) is 11.0. The minimum absolute atomic E-state index is 0.0644. The van der Waals surface area contributed by atoms with E-state index < -0.39 is 53.1 Å². The molecule has 314 valence electrons. The first kappa shape index (κ1) is 42.8. The number of aliphatic hydroxyl groups excluding tert-OH is 1. The summed E-state index contributed by atoms with van der Waals surface area (Å²) in [4.78, 5) is 54.1. The Bertz CT molecular complexity index is 2130. The first-order valence-corrected chi connectivity index (χ1v) is 19.3. The summed E-state index contributed by atoms with van der Waals surface area (Å²) < 4.78 is 71.0. The summed E-state index contributed by atoms with van der Waals surface area (Å²) in [5, 5.41) is 31.9. The van der Waals surface area contributed by atoms with Gasteiger partial charge in [-0.15, -0.1) is 0 Å². The van der Waals surface area contributed by atoms with Crippen LogP contribution in [-0.2, 0) is 26.7 Å². The van der Waals surface area contributed by atoms with Crippen LogP contribution in [0.25, 0.3) is 22.5 Å². The molecule has 0 spiro atoms. The summed E-state index contributed by atoms with van der Waals surface area (Å²) in [6, 6.07) is 15.5. The molecule has 0 unspecified atom stereocenters. The number of nitrogens with one attached hydrogen (secondary N) is 4. The van der Waals surface area contributed by atoms with Crippen LogP contribution in [0, 0.1) is 17.7 Å². The fourth-order valence-electron chi connectivity index (χ4n) is 7.34. The number of carboxylic acid groups (broad SMARTS) is 1. The van der Waals surface area contributed by atoms with E-state index in [-0.39, 0.29) is 47.2 Å². The van der Waals surface area contributed by atoms with Gasteiger partial charge in [-0.1, -0.05) is 30.3 Å². The molecule has 4 aromatic rings. The standard InChI is InChI=1S/C41H44F5N7O6/c42-32-20-27(11-18-31(32)36(56)48-29-14-16-30(54)17-15-29)24-5-1-22(2-6-24)19-33(50-35(55)26-7-3-23(21-47)4-8-26)37(57)49-28-12-9-25(10-13-28)34-51-38(53-52-34)40(43,44)41(45,46)39(58)59/h1-2,5-6,9-13,18,20,23,26,29-30,33,54H,3-4,7-8,14-17,19,21,47H2,(H,48,56)(H,49,57)(H,50,55)(H,58,59)(H,51,52,53)/t23?,26?,29?,30?,33-/m0/s1. The number of anilines is 1. The Balaban J connectivity index is 1.14. The third-order valence-corrected chi connectivity index (χ3v) is 11.0. The van der Waals surface area contributed by atoms with Crippen LogP contribution in [0.15, 0.2) is 66.7 Å². The Morgan fingerprint density at radius 3 is 2.08 bits per heavy atom. The van der Waals surface area contributed by atoms with Gasteiger partial charge in [-0.25, -0.2) is 14.2 Å². The van der Waals surface area contributed by atoms with Crippen molar-refractivity contribution in [2.75, 3.05) is 11.9 Å². The van der Waals surface area contributed by atoms with Gasteiger partial charge >= 0.3 is 17.8 Å². The van der Waals surface area contributed by atoms with E-state index in [4.69, 9.17) is 10.8 Å². The smallest absolute Gasteiger partial charge is 0.411 e. The number of halogens is 5. The summed E-state index contributed by atoms with van der Waals surface area (Å²) in [6.07, 6.45) is 4.84. The van der Waals surface area contributed by atoms with E-state index in [1.54, 1.807) is 35.4 Å². The van der Waals surface area contributed by atoms with E-state index >= 15 is 4.39 Å². The number of carbonyl (C=O) groups is 4. The van der Waals surface area contributed by atoms with Crippen molar-refractivity contribution in [3.05, 3.63) is 89.5 Å². The van der Waals surface area contributed by atoms with E-state index in [1.165, 1.54) is 36.4 Å². The lowest BCUT2D eigenvalue weighted by atomic mass is 9.81. The number of aliphatic hydroxyl groups is 1. The number of aromatic nitrogens is 3. The van der Waals surface area contributed by atoms with Gasteiger partial charge in [-0.05, 0) is 117 Å². The van der Waals surface area contributed by atoms with Crippen molar-refractivity contribution in [2.45, 2.75) is 87.8 Å². The summed E-state index contributed by atoms with van der Waals surface area (Å²) >= 11 is 0. The second kappa shape index (κ2) is 18.0. The molecule has 1 heterocycles. The molecule has 2 saturated carbocycles. The van der Waals surface area contributed by atoms with Crippen molar-refractivity contribution in [1.29, 1.82) is 0 Å². The quantitative estimate of drug-likeness (QED) is 0.0793. The fourth-order valence-corrected chi connectivity index (χ4v) is 7.34. The van der Waals surface area contributed by atoms with Crippen molar-refractivity contribution in [3.8, 4) is 22.5 Å². The van der Waals surface area contributed by atoms with Gasteiger partial charge in [0.1, 0.15) is 11.9 Å². The van der Waals surface area contributed by atoms with Crippen molar-refractivity contribution in [2.24, 2.45) is 17.6 Å². The number of alkyl halides is 4. The highest BCUT2D eigenvalue weighted by Gasteiger charge is 2.65. The van der Waals surface area contributed by atoms with Crippen LogP contribution >= 0.6 is 0 Å². The molecular formula is C41H44F5N7O6. The monoisotopic (exact) mass is 825 g/mol. The third kappa shape index (κ3) is 9.93. The van der Waals surface area contributed by atoms with Crippen molar-refractivity contribution >= 4 is 29.4 Å². The molecule has 2 fully saturated rings. The van der Waals surface area contributed by atoms with E-state index in [0.717, 1.165) is 12.8 Å². The molecule has 13 nitrogen and oxygen atoms in total. The van der Waals surface area contributed by atoms with E-state index in [2.05, 4.69) is 26.0 Å². The summed E-state index contributed by atoms with van der Waals surface area (Å²) in [6.45, 7) is 0.525. The molecule has 3 aromatic carbocycles. The number of amides is 3. The number of hydrogen-bond donors (Lipinski definition) is 7. The van der Waals surface area contributed by atoms with Gasteiger partial charge in [0.15, 0.2) is 5.82 Å². The number of carboxylic acids is 1. The number of benzene rings is 3. The minimum atomic E-state index is -5.45. The van der Waals surface area contributed by atoms with Gasteiger partial charge < -0.3 is 31.9 Å². The topological polar surface area (TPSA) is 212 Å². The first-order valence-electron chi connectivity index (χ1n) is 19.3. The number of H-pyrrole nitrogens is 1. The van der Waals surface area contributed by atoms with Crippen LogP contribution in [0.3, 0.4) is 0 Å². The lowest BCUT2D eigenvalue weighted by Crippen LogP contribution is -2.48. The molecular weight excluding hydrogens is 781 g/mol. The number of rotatable bonds is 14. The van der Waals surface area contributed by atoms with Crippen LogP contribution < -0.4 is 21.7 Å². The highest BCUT2D eigenvalue weighted by molar-refractivity contribution is 5.98. The summed E-state index contributed by atoms with van der Waals surface area (Å²) in [5.41, 5.74) is 7.85. The molecule has 6 rings (SSSR count). The first-order chi connectivity index (χ1) is 28.0. The van der Waals surface area contributed by atoms with Crippen molar-refractivity contribution < 1.29 is 51.3 Å². The largest absolute Gasteiger partial charge is 0.477 e. The summed E-state index contributed by atoms with van der Waals surface area (Å²) in [7, 11) is 0. The van der Waals surface area contributed by atoms with E-state index in [0.29, 0.717) is 67.7 Å². The predicted octanol–water partition coefficient (Wildman–Crippen LogP) is 5.55. The second-order valence-electron chi connectivity index (χ2n) is 15.1. The van der Waals surface area contributed by atoms with Crippen LogP contribution in [0.4, 0.5) is 27.6 Å². The zero-order valence-corrected chi connectivity index (χ0v) is 31.7. The Morgan fingerprint density at radius 1 is 0.847 bits per heavy atom. The van der Waals surface area contributed by atoms with E-state index in [9.17, 15) is 41.8 Å². The fraction of sp³-hybridized carbons (Fsp3) is 0.415. The number of hydrogen-bond acceptors (Lipinski definition) is 8. The maximum atomic E-state index is 15.2. The van der Waals surface area contributed by atoms with Crippen LogP contribution in [0.1, 0.15) is 73.1 Å². The number of nitrogens with zero attached hydrogens (tertiary/aromatic N) is 2. The Morgan fingerprint density at radius 2 is 1.47 bits per heavy atom. The van der Waals surface area contributed by atoms with Gasteiger partial charge in [0.2, 0.25) is 17.6 Å². The number of carbonyl (C=O) groups excluding carboxylic acids is 3. The van der Waals surface area contributed by atoms with Crippen molar-refractivity contribution in [1.82, 2.24) is 25.8 Å². The molecule has 0 saturated heterocycles. The molecule has 1 aromatic heterocycles. The van der Waals surface area contributed by atoms with E-state index in [1.807, 2.05) is 0 Å². The molecule has 1 atom stereocenters. The Labute approximate surface area is 335 Å². The van der Waals surface area contributed by atoms with Crippen LogP contribution in [0.2, 0.25) is 0 Å². The predicted molar refractivity (Wildman–Crippen MR) is 205 cm³/mol. The molecule has 0 radical (unpaired) electrons. The maximum absolute atomic E-state index is 15.2. The maximum Gasteiger partial charge on any atom is 0.411 e.